The smallest absolute Gasteiger partial charge is 0.462 e. The molecule has 0 radical (unpaired) electrons. The zero-order valence-electron chi connectivity index (χ0n) is 34.4. The van der Waals surface area contributed by atoms with E-state index >= 15 is 0 Å². The Morgan fingerprint density at radius 3 is 1.86 bits per heavy atom. The van der Waals surface area contributed by atoms with E-state index in [0.29, 0.717) is 25.7 Å². The minimum atomic E-state index is -4.64. The summed E-state index contributed by atoms with van der Waals surface area (Å²) in [6.07, 6.45) is 40.7. The van der Waals surface area contributed by atoms with Crippen molar-refractivity contribution >= 4 is 19.8 Å². The maximum atomic E-state index is 12.6. The van der Waals surface area contributed by atoms with Crippen LogP contribution in [0.4, 0.5) is 0 Å². The summed E-state index contributed by atoms with van der Waals surface area (Å²) < 4.78 is 32.6. The van der Waals surface area contributed by atoms with E-state index in [-0.39, 0.29) is 19.4 Å². The number of carbonyl (C=O) groups is 2. The third kappa shape index (κ3) is 38.3. The van der Waals surface area contributed by atoms with Gasteiger partial charge in [0.2, 0.25) is 0 Å². The Morgan fingerprint density at radius 1 is 0.625 bits per heavy atom. The second kappa shape index (κ2) is 39.2. The lowest BCUT2D eigenvalue weighted by Gasteiger charge is -2.20. The van der Waals surface area contributed by atoms with Gasteiger partial charge in [-0.25, -0.2) is 4.57 Å². The summed E-state index contributed by atoms with van der Waals surface area (Å²) >= 11 is 0. The summed E-state index contributed by atoms with van der Waals surface area (Å²) in [5.74, 6) is -1.03. The number of esters is 2. The number of allylic oxidation sites excluding steroid dienone is 10. The molecule has 0 saturated heterocycles. The molecule has 0 aliphatic carbocycles. The number of aliphatic hydroxyl groups is 3. The molecule has 0 aromatic rings. The van der Waals surface area contributed by atoms with Gasteiger partial charge in [0, 0.05) is 12.8 Å². The normalized spacial score (nSPS) is 15.2. The molecule has 12 heteroatoms. The summed E-state index contributed by atoms with van der Waals surface area (Å²) in [5.41, 5.74) is 0. The van der Waals surface area contributed by atoms with Crippen molar-refractivity contribution in [1.82, 2.24) is 0 Å². The first kappa shape index (κ1) is 53.4. The SMILES string of the molecule is CC/C=C\C(O)C/C=C/C=C\C/C=C\C/C=C\CCCC(=O)OC[C@H](COP(=O)(O)OC[C@@H](O)CO)OC(=O)CCCCCCC/C=C\CCCCCCCC. The van der Waals surface area contributed by atoms with Crippen molar-refractivity contribution in [3.8, 4) is 0 Å². The highest BCUT2D eigenvalue weighted by Crippen LogP contribution is 2.43. The van der Waals surface area contributed by atoms with Crippen LogP contribution < -0.4 is 0 Å². The molecule has 0 rings (SSSR count). The van der Waals surface area contributed by atoms with Gasteiger partial charge in [-0.3, -0.25) is 18.6 Å². The van der Waals surface area contributed by atoms with Crippen molar-refractivity contribution in [2.75, 3.05) is 26.4 Å². The molecule has 0 aliphatic heterocycles. The highest BCUT2D eigenvalue weighted by atomic mass is 31.2. The average molecular weight is 811 g/mol. The van der Waals surface area contributed by atoms with Gasteiger partial charge in [-0.15, -0.1) is 0 Å². The van der Waals surface area contributed by atoms with Crippen molar-refractivity contribution < 1.29 is 52.9 Å². The number of unbranched alkanes of at least 4 members (excludes halogenated alkanes) is 12. The topological polar surface area (TPSA) is 169 Å². The maximum Gasteiger partial charge on any atom is 0.472 e. The fraction of sp³-hybridized carbons (Fsp3) is 0.682. The number of rotatable bonds is 38. The Morgan fingerprint density at radius 2 is 1.18 bits per heavy atom. The molecule has 322 valence electrons. The number of ether oxygens (including phenoxy) is 2. The van der Waals surface area contributed by atoms with Gasteiger partial charge in [-0.2, -0.15) is 0 Å². The number of phosphoric acid groups is 1. The van der Waals surface area contributed by atoms with E-state index in [1.165, 1.54) is 38.5 Å². The van der Waals surface area contributed by atoms with Crippen molar-refractivity contribution in [2.45, 2.75) is 167 Å². The van der Waals surface area contributed by atoms with Gasteiger partial charge in [0.25, 0.3) is 0 Å². The lowest BCUT2D eigenvalue weighted by Crippen LogP contribution is -2.29. The van der Waals surface area contributed by atoms with Crippen LogP contribution in [0.1, 0.15) is 149 Å². The Hall–Kier alpha value is -2.63. The predicted octanol–water partition coefficient (Wildman–Crippen LogP) is 9.86. The molecule has 0 aromatic carbocycles. The Bertz CT molecular complexity index is 1180. The quantitative estimate of drug-likeness (QED) is 0.0154. The average Bonchev–Trinajstić information content (AvgIpc) is 3.18. The van der Waals surface area contributed by atoms with Crippen LogP contribution in [-0.4, -0.2) is 76.9 Å². The van der Waals surface area contributed by atoms with Crippen LogP contribution in [0.25, 0.3) is 0 Å². The lowest BCUT2D eigenvalue weighted by molar-refractivity contribution is -0.161. The number of carbonyl (C=O) groups excluding carboxylic acids is 2. The van der Waals surface area contributed by atoms with Gasteiger partial charge in [-0.05, 0) is 70.6 Å². The Kier molecular flexibility index (Phi) is 37.4. The summed E-state index contributed by atoms with van der Waals surface area (Å²) in [6.45, 7) is 2.03. The van der Waals surface area contributed by atoms with Gasteiger partial charge >= 0.3 is 19.8 Å². The number of aliphatic hydroxyl groups excluding tert-OH is 3. The fourth-order valence-electron chi connectivity index (χ4n) is 5.16. The van der Waals surface area contributed by atoms with Crippen LogP contribution in [0.2, 0.25) is 0 Å². The zero-order valence-corrected chi connectivity index (χ0v) is 35.3. The molecule has 0 saturated carbocycles. The van der Waals surface area contributed by atoms with E-state index in [1.54, 1.807) is 6.08 Å². The third-order valence-electron chi connectivity index (χ3n) is 8.42. The number of hydrogen-bond donors (Lipinski definition) is 4. The molecule has 0 bridgehead atoms. The maximum absolute atomic E-state index is 12.6. The molecule has 0 fully saturated rings. The molecular formula is C44H75O11P. The molecular weight excluding hydrogens is 735 g/mol. The third-order valence-corrected chi connectivity index (χ3v) is 9.37. The Balaban J connectivity index is 4.47. The van der Waals surface area contributed by atoms with Crippen molar-refractivity contribution in [3.05, 3.63) is 72.9 Å². The van der Waals surface area contributed by atoms with E-state index in [0.717, 1.165) is 57.8 Å². The van der Waals surface area contributed by atoms with Crippen LogP contribution in [0.3, 0.4) is 0 Å². The second-order valence-electron chi connectivity index (χ2n) is 13.8. The largest absolute Gasteiger partial charge is 0.472 e. The van der Waals surface area contributed by atoms with Gasteiger partial charge in [-0.1, -0.05) is 138 Å². The summed E-state index contributed by atoms with van der Waals surface area (Å²) in [4.78, 5) is 34.9. The molecule has 2 unspecified atom stereocenters. The number of hydrogen-bond acceptors (Lipinski definition) is 10. The monoisotopic (exact) mass is 811 g/mol. The first-order valence-corrected chi connectivity index (χ1v) is 22.5. The summed E-state index contributed by atoms with van der Waals surface area (Å²) in [5, 5.41) is 28.1. The molecule has 0 amide bonds. The van der Waals surface area contributed by atoms with Crippen LogP contribution in [0, 0.1) is 0 Å². The fourth-order valence-corrected chi connectivity index (χ4v) is 5.95. The zero-order chi connectivity index (χ0) is 41.4. The molecule has 0 aliphatic rings. The standard InChI is InChI=1S/C44H75O11P/c1-3-5-7-8-9-10-11-12-13-14-19-22-25-28-31-35-44(49)55-42(39-54-56(50,51)53-37-41(47)36-45)38-52-43(48)34-30-27-24-21-18-16-15-17-20-23-26-29-33-40(46)32-6-4-2/h6,12-13,15-16,20-21,23-24,26,29,32,40-42,45-47H,3-5,7-11,14,17-19,22,25,27-28,30-31,33-39H2,1-2H3,(H,50,51)/b13-12-,16-15-,23-20-,24-21-,29-26+,32-6-/t40?,41-,42+/m0/s1. The molecule has 56 heavy (non-hydrogen) atoms. The van der Waals surface area contributed by atoms with Gasteiger partial charge in [0.1, 0.15) is 12.7 Å². The Labute approximate surface area is 338 Å². The molecule has 11 nitrogen and oxygen atoms in total. The van der Waals surface area contributed by atoms with Crippen molar-refractivity contribution in [2.24, 2.45) is 0 Å². The molecule has 0 aromatic heterocycles. The van der Waals surface area contributed by atoms with Crippen LogP contribution in [-0.2, 0) is 32.7 Å². The van der Waals surface area contributed by atoms with Gasteiger partial charge in [0.05, 0.1) is 25.9 Å². The van der Waals surface area contributed by atoms with E-state index in [2.05, 4.69) is 35.8 Å². The minimum absolute atomic E-state index is 0.140. The summed E-state index contributed by atoms with van der Waals surface area (Å²) in [7, 11) is -4.64. The molecule has 4 N–H and O–H groups in total. The minimum Gasteiger partial charge on any atom is -0.462 e. The lowest BCUT2D eigenvalue weighted by atomic mass is 10.1. The van der Waals surface area contributed by atoms with Gasteiger partial charge < -0.3 is 29.7 Å². The van der Waals surface area contributed by atoms with Crippen LogP contribution >= 0.6 is 7.82 Å². The first-order valence-electron chi connectivity index (χ1n) is 21.0. The first-order chi connectivity index (χ1) is 27.1. The summed E-state index contributed by atoms with van der Waals surface area (Å²) in [6, 6.07) is 0. The van der Waals surface area contributed by atoms with E-state index < -0.39 is 57.9 Å². The highest BCUT2D eigenvalue weighted by molar-refractivity contribution is 7.47. The second-order valence-corrected chi connectivity index (χ2v) is 15.3. The van der Waals surface area contributed by atoms with Crippen molar-refractivity contribution in [1.29, 1.82) is 0 Å². The van der Waals surface area contributed by atoms with Crippen LogP contribution in [0.5, 0.6) is 0 Å². The molecule has 0 spiro atoms. The van der Waals surface area contributed by atoms with E-state index in [4.69, 9.17) is 19.1 Å². The predicted molar refractivity (Wildman–Crippen MR) is 225 cm³/mol. The van der Waals surface area contributed by atoms with E-state index in [9.17, 15) is 29.3 Å². The molecule has 4 atom stereocenters. The van der Waals surface area contributed by atoms with Crippen LogP contribution in [0.15, 0.2) is 72.9 Å². The highest BCUT2D eigenvalue weighted by Gasteiger charge is 2.27. The number of phosphoric ester groups is 1. The van der Waals surface area contributed by atoms with Crippen molar-refractivity contribution in [3.63, 3.8) is 0 Å². The molecule has 0 heterocycles. The van der Waals surface area contributed by atoms with E-state index in [1.807, 2.05) is 49.5 Å². The van der Waals surface area contributed by atoms with Gasteiger partial charge in [0.15, 0.2) is 6.10 Å².